The number of aliphatic hydroxyl groups is 1. The molecule has 6 aliphatic heterocycles. The average Bonchev–Trinajstić information content (AvgIpc) is 3.95. The summed E-state index contributed by atoms with van der Waals surface area (Å²) >= 11 is 0. The van der Waals surface area contributed by atoms with Gasteiger partial charge in [-0.1, -0.05) is 13.8 Å². The van der Waals surface area contributed by atoms with Crippen molar-refractivity contribution in [2.75, 3.05) is 59.3 Å². The van der Waals surface area contributed by atoms with Crippen molar-refractivity contribution in [3.05, 3.63) is 105 Å². The SMILES string of the molecule is C[C@H]1CN([C@H]2CCN3c4cc5c(cc4OC[C@H]3C2)C(=O)N(C2CCC(=O)NC2=O)C5=O)CCN1c1ccc(Nc2cc(-c3ccnc(N4CCn5c(cc6c5CC(C)(C)C6)C4=O)c3CO)cn(C)c2=O)nc1. The van der Waals surface area contributed by atoms with Gasteiger partial charge in [0.15, 0.2) is 0 Å². The van der Waals surface area contributed by atoms with Crippen LogP contribution in [-0.2, 0) is 42.6 Å². The zero-order valence-electron chi connectivity index (χ0n) is 40.8. The van der Waals surface area contributed by atoms with E-state index < -0.39 is 29.7 Å². The minimum Gasteiger partial charge on any atom is -0.489 e. The molecule has 372 valence electrons. The number of carbonyl (C=O) groups excluding carboxylic acids is 5. The molecule has 1 aliphatic carbocycles. The molecule has 3 saturated heterocycles. The Morgan fingerprint density at radius 3 is 2.44 bits per heavy atom. The fourth-order valence-corrected chi connectivity index (χ4v) is 12.5. The Morgan fingerprint density at radius 1 is 0.861 bits per heavy atom. The van der Waals surface area contributed by atoms with Crippen LogP contribution in [0.15, 0.2) is 65.8 Å². The number of imide groups is 2. The molecule has 3 N–H and O–H groups in total. The number of aliphatic hydroxyl groups excluding tert-OH is 1. The summed E-state index contributed by atoms with van der Waals surface area (Å²) in [6.45, 7) is 11.2. The highest BCUT2D eigenvalue weighted by Crippen LogP contribution is 2.44. The van der Waals surface area contributed by atoms with Gasteiger partial charge in [0.05, 0.1) is 41.3 Å². The number of fused-ring (bicyclic) bond motifs is 7. The lowest BCUT2D eigenvalue weighted by atomic mass is 9.90. The van der Waals surface area contributed by atoms with E-state index in [1.807, 2.05) is 24.4 Å². The zero-order chi connectivity index (χ0) is 49.9. The molecule has 0 saturated carbocycles. The molecule has 7 aliphatic rings. The Kier molecular flexibility index (Phi) is 10.9. The predicted octanol–water partition coefficient (Wildman–Crippen LogP) is 4.01. The highest BCUT2D eigenvalue weighted by molar-refractivity contribution is 6.24. The third-order valence-electron chi connectivity index (χ3n) is 16.0. The minimum atomic E-state index is -1.03. The van der Waals surface area contributed by atoms with Crippen LogP contribution in [0, 0.1) is 5.41 Å². The largest absolute Gasteiger partial charge is 0.489 e. The molecule has 1 aromatic carbocycles. The van der Waals surface area contributed by atoms with Crippen LogP contribution in [0.2, 0.25) is 0 Å². The minimum absolute atomic E-state index is 0.0603. The number of hydrogen-bond acceptors (Lipinski definition) is 14. The van der Waals surface area contributed by atoms with Gasteiger partial charge in [0, 0.05) is 94.0 Å². The molecule has 0 spiro atoms. The number of carbonyl (C=O) groups is 5. The van der Waals surface area contributed by atoms with Gasteiger partial charge in [0.1, 0.15) is 41.4 Å². The molecule has 5 amide bonds. The van der Waals surface area contributed by atoms with E-state index in [4.69, 9.17) is 9.72 Å². The van der Waals surface area contributed by atoms with Gasteiger partial charge in [-0.3, -0.25) is 48.8 Å². The maximum Gasteiger partial charge on any atom is 0.276 e. The van der Waals surface area contributed by atoms with Gasteiger partial charge in [-0.2, -0.15) is 0 Å². The summed E-state index contributed by atoms with van der Waals surface area (Å²) in [7, 11) is 1.68. The summed E-state index contributed by atoms with van der Waals surface area (Å²) in [5.74, 6) is -0.801. The van der Waals surface area contributed by atoms with E-state index in [1.54, 1.807) is 48.6 Å². The number of ether oxygens (including phenoxy) is 1. The van der Waals surface area contributed by atoms with Crippen molar-refractivity contribution in [1.82, 2.24) is 34.2 Å². The molecule has 19 heteroatoms. The number of hydrogen-bond donors (Lipinski definition) is 3. The van der Waals surface area contributed by atoms with Gasteiger partial charge in [-0.25, -0.2) is 9.97 Å². The molecule has 4 atom stereocenters. The van der Waals surface area contributed by atoms with E-state index in [-0.39, 0.29) is 59.5 Å². The van der Waals surface area contributed by atoms with Crippen molar-refractivity contribution in [3.8, 4) is 16.9 Å². The summed E-state index contributed by atoms with van der Waals surface area (Å²) in [6, 6.07) is 12.4. The fraction of sp³-hybridized carbons (Fsp3) is 0.434. The summed E-state index contributed by atoms with van der Waals surface area (Å²) in [5, 5.41) is 16.3. The molecule has 1 unspecified atom stereocenters. The molecule has 0 bridgehead atoms. The van der Waals surface area contributed by atoms with Crippen molar-refractivity contribution in [1.29, 1.82) is 0 Å². The van der Waals surface area contributed by atoms with Gasteiger partial charge >= 0.3 is 0 Å². The normalized spacial score (nSPS) is 23.6. The number of piperazine rings is 1. The highest BCUT2D eigenvalue weighted by Gasteiger charge is 2.47. The lowest BCUT2D eigenvalue weighted by Crippen LogP contribution is -2.59. The molecule has 19 nitrogen and oxygen atoms in total. The molecule has 0 radical (unpaired) electrons. The number of nitrogens with zero attached hydrogens (tertiary/aromatic N) is 9. The fourth-order valence-electron chi connectivity index (χ4n) is 12.5. The maximum absolute atomic E-state index is 14.0. The van der Waals surface area contributed by atoms with Gasteiger partial charge in [-0.05, 0) is 98.0 Å². The second-order valence-corrected chi connectivity index (χ2v) is 21.2. The van der Waals surface area contributed by atoms with Gasteiger partial charge in [0.2, 0.25) is 11.8 Å². The summed E-state index contributed by atoms with van der Waals surface area (Å²) in [4.78, 5) is 98.3. The Balaban J connectivity index is 0.693. The predicted molar refractivity (Wildman–Crippen MR) is 267 cm³/mol. The van der Waals surface area contributed by atoms with Crippen molar-refractivity contribution < 1.29 is 33.8 Å². The highest BCUT2D eigenvalue weighted by atomic mass is 16.5. The van der Waals surface area contributed by atoms with Crippen LogP contribution in [0.5, 0.6) is 5.75 Å². The van der Waals surface area contributed by atoms with Gasteiger partial charge < -0.3 is 34.1 Å². The number of anilines is 5. The number of nitrogens with one attached hydrogen (secondary N) is 2. The van der Waals surface area contributed by atoms with E-state index in [2.05, 4.69) is 55.7 Å². The maximum atomic E-state index is 14.0. The lowest BCUT2D eigenvalue weighted by molar-refractivity contribution is -0.136. The first kappa shape index (κ1) is 45.7. The summed E-state index contributed by atoms with van der Waals surface area (Å²) in [6.07, 6.45) is 9.01. The molecule has 72 heavy (non-hydrogen) atoms. The van der Waals surface area contributed by atoms with Crippen molar-refractivity contribution in [2.24, 2.45) is 12.5 Å². The van der Waals surface area contributed by atoms with E-state index in [0.717, 1.165) is 68.1 Å². The van der Waals surface area contributed by atoms with E-state index in [1.165, 1.54) is 15.8 Å². The smallest absolute Gasteiger partial charge is 0.276 e. The third kappa shape index (κ3) is 7.54. The molecular weight excluding hydrogens is 919 g/mol. The van der Waals surface area contributed by atoms with Crippen molar-refractivity contribution >= 4 is 58.2 Å². The molecular formula is C53H57N11O8. The monoisotopic (exact) mass is 975 g/mol. The van der Waals surface area contributed by atoms with Gasteiger partial charge in [0.25, 0.3) is 23.3 Å². The lowest BCUT2D eigenvalue weighted by Gasteiger charge is -2.50. The Bertz CT molecular complexity index is 3200. The van der Waals surface area contributed by atoms with E-state index >= 15 is 0 Å². The standard InChI is InChI=1S/C53H57N11O8/c1-29-25-59(32-10-12-61-34(19-32)28-72-44-21-37-36(20-41(44)61)49(68)64(50(37)69)40-6-8-46(66)57-48(40)67)13-14-60(29)33-5-7-45(55-24-33)56-39-17-31(26-58(4)51(39)70)35-9-11-54-47(38(35)27-65)63-16-15-62-42(52(63)71)18-30-22-53(2,3)23-43(30)62/h5,7,9,11,17-18,20-21,24,26,29,32,34,40,65H,6,8,10,12-16,19,22-23,25,27-28H2,1-4H3,(H,55,56)(H,57,66,67)/t29-,32-,34+,40?/m0/s1. The Morgan fingerprint density at radius 2 is 1.68 bits per heavy atom. The van der Waals surface area contributed by atoms with E-state index in [9.17, 15) is 33.9 Å². The second-order valence-electron chi connectivity index (χ2n) is 21.2. The number of pyridine rings is 3. The molecule has 4 aromatic heterocycles. The number of aryl methyl sites for hydroxylation is 1. The van der Waals surface area contributed by atoms with Crippen LogP contribution in [0.1, 0.15) is 94.5 Å². The molecule has 12 rings (SSSR count). The number of benzene rings is 1. The Labute approximate surface area is 415 Å². The van der Waals surface area contributed by atoms with Crippen molar-refractivity contribution in [3.63, 3.8) is 0 Å². The average molecular weight is 976 g/mol. The van der Waals surface area contributed by atoms with Crippen LogP contribution in [0.3, 0.4) is 0 Å². The number of piperidine rings is 2. The summed E-state index contributed by atoms with van der Waals surface area (Å²) in [5.41, 5.74) is 7.42. The third-order valence-corrected chi connectivity index (χ3v) is 16.0. The van der Waals surface area contributed by atoms with Crippen LogP contribution in [-0.4, -0.2) is 127 Å². The first-order chi connectivity index (χ1) is 34.6. The quantitative estimate of drug-likeness (QED) is 0.188. The van der Waals surface area contributed by atoms with Crippen LogP contribution in [0.4, 0.5) is 28.7 Å². The molecule has 5 aromatic rings. The second kappa shape index (κ2) is 17.1. The van der Waals surface area contributed by atoms with Gasteiger partial charge in [-0.15, -0.1) is 0 Å². The van der Waals surface area contributed by atoms with Crippen molar-refractivity contribution in [2.45, 2.75) is 96.6 Å². The number of rotatable bonds is 8. The number of aromatic nitrogens is 4. The first-order valence-corrected chi connectivity index (χ1v) is 25.0. The zero-order valence-corrected chi connectivity index (χ0v) is 40.8. The van der Waals surface area contributed by atoms with Crippen LogP contribution in [0.25, 0.3) is 11.1 Å². The van der Waals surface area contributed by atoms with Crippen LogP contribution >= 0.6 is 0 Å². The molecule has 10 heterocycles. The number of amides is 5. The Hall–Kier alpha value is -7.38. The van der Waals surface area contributed by atoms with E-state index in [0.29, 0.717) is 71.2 Å². The topological polar surface area (TPSA) is 208 Å². The first-order valence-electron chi connectivity index (χ1n) is 25.0. The summed E-state index contributed by atoms with van der Waals surface area (Å²) < 4.78 is 9.92. The van der Waals surface area contributed by atoms with Crippen LogP contribution < -0.4 is 35.6 Å². The molecule has 3 fully saturated rings.